The predicted octanol–water partition coefficient (Wildman–Crippen LogP) is 4.65. The van der Waals surface area contributed by atoms with Crippen LogP contribution in [-0.2, 0) is 6.42 Å². The van der Waals surface area contributed by atoms with E-state index in [1.54, 1.807) is 36.3 Å². The average Bonchev–Trinajstić information content (AvgIpc) is 3.31. The second-order valence-corrected chi connectivity index (χ2v) is 8.05. The van der Waals surface area contributed by atoms with Gasteiger partial charge in [-0.25, -0.2) is 9.97 Å². The fourth-order valence-electron chi connectivity index (χ4n) is 3.58. The molecule has 3 heterocycles. The number of hydrogen-bond donors (Lipinski definition) is 2. The predicted molar refractivity (Wildman–Crippen MR) is 122 cm³/mol. The maximum Gasteiger partial charge on any atom is 0.270 e. The summed E-state index contributed by atoms with van der Waals surface area (Å²) in [6, 6.07) is 5.21. The standard InChI is InChI=1S/C22H21Cl2N5O2/c1-12-10-29(11-27-12)19-9-26-18(8-20(19)31-3)22(30)25-5-4-15-13(2)28-21-16(15)6-14(23)7-17(21)24/h6-11,28H,4-5H2,1-3H3,(H,25,30). The van der Waals surface area contributed by atoms with E-state index in [-0.39, 0.29) is 11.6 Å². The highest BCUT2D eigenvalue weighted by Gasteiger charge is 2.15. The molecule has 4 aromatic rings. The van der Waals surface area contributed by atoms with Gasteiger partial charge in [0.25, 0.3) is 5.91 Å². The molecular weight excluding hydrogens is 437 g/mol. The Kier molecular flexibility index (Phi) is 5.89. The van der Waals surface area contributed by atoms with Gasteiger partial charge in [-0.2, -0.15) is 0 Å². The van der Waals surface area contributed by atoms with Crippen LogP contribution in [0.3, 0.4) is 0 Å². The zero-order valence-electron chi connectivity index (χ0n) is 17.3. The number of nitrogens with one attached hydrogen (secondary N) is 2. The van der Waals surface area contributed by atoms with Crippen molar-refractivity contribution >= 4 is 40.0 Å². The number of methoxy groups -OCH3 is 1. The molecule has 31 heavy (non-hydrogen) atoms. The number of hydrogen-bond acceptors (Lipinski definition) is 4. The molecule has 160 valence electrons. The number of rotatable bonds is 6. The van der Waals surface area contributed by atoms with Gasteiger partial charge in [0.15, 0.2) is 0 Å². The number of ether oxygens (including phenoxy) is 1. The second-order valence-electron chi connectivity index (χ2n) is 7.21. The van der Waals surface area contributed by atoms with Crippen LogP contribution in [0.1, 0.15) is 27.4 Å². The van der Waals surface area contributed by atoms with E-state index in [1.165, 1.54) is 0 Å². The van der Waals surface area contributed by atoms with Gasteiger partial charge >= 0.3 is 0 Å². The van der Waals surface area contributed by atoms with Crippen LogP contribution in [0.5, 0.6) is 5.75 Å². The van der Waals surface area contributed by atoms with E-state index < -0.39 is 0 Å². The van der Waals surface area contributed by atoms with Gasteiger partial charge in [-0.3, -0.25) is 4.79 Å². The SMILES string of the molecule is COc1cc(C(=O)NCCc2c(C)[nH]c3c(Cl)cc(Cl)cc23)ncc1-n1cnc(C)c1. The fraction of sp³-hybridized carbons (Fsp3) is 0.227. The molecule has 9 heteroatoms. The quantitative estimate of drug-likeness (QED) is 0.441. The van der Waals surface area contributed by atoms with E-state index in [9.17, 15) is 4.79 Å². The van der Waals surface area contributed by atoms with Gasteiger partial charge in [-0.1, -0.05) is 23.2 Å². The van der Waals surface area contributed by atoms with Crippen LogP contribution in [0.15, 0.2) is 36.9 Å². The molecule has 0 aliphatic heterocycles. The maximum atomic E-state index is 12.7. The first-order valence-corrected chi connectivity index (χ1v) is 10.4. The number of nitrogens with zero attached hydrogens (tertiary/aromatic N) is 3. The Balaban J connectivity index is 1.48. The average molecular weight is 458 g/mol. The van der Waals surface area contributed by atoms with Crippen molar-refractivity contribution in [1.82, 2.24) is 24.8 Å². The molecular formula is C22H21Cl2N5O2. The van der Waals surface area contributed by atoms with Crippen molar-refractivity contribution in [2.24, 2.45) is 0 Å². The topological polar surface area (TPSA) is 84.8 Å². The lowest BCUT2D eigenvalue weighted by atomic mass is 10.1. The van der Waals surface area contributed by atoms with Crippen LogP contribution < -0.4 is 10.1 Å². The number of H-pyrrole nitrogens is 1. The number of aryl methyl sites for hydroxylation is 2. The number of carbonyl (C=O) groups excluding carboxylic acids is 1. The Morgan fingerprint density at radius 3 is 2.74 bits per heavy atom. The van der Waals surface area contributed by atoms with Crippen molar-refractivity contribution in [3.63, 3.8) is 0 Å². The first kappa shape index (κ1) is 21.2. The third-order valence-electron chi connectivity index (χ3n) is 5.09. The molecule has 0 aliphatic carbocycles. The lowest BCUT2D eigenvalue weighted by molar-refractivity contribution is 0.0949. The van der Waals surface area contributed by atoms with E-state index in [0.717, 1.165) is 27.9 Å². The van der Waals surface area contributed by atoms with Crippen LogP contribution in [-0.4, -0.2) is 39.1 Å². The van der Waals surface area contributed by atoms with E-state index in [4.69, 9.17) is 27.9 Å². The molecule has 1 amide bonds. The van der Waals surface area contributed by atoms with Gasteiger partial charge in [0.05, 0.1) is 35.9 Å². The number of carbonyl (C=O) groups is 1. The zero-order valence-corrected chi connectivity index (χ0v) is 18.8. The Morgan fingerprint density at radius 2 is 2.03 bits per heavy atom. The van der Waals surface area contributed by atoms with E-state index >= 15 is 0 Å². The normalized spacial score (nSPS) is 11.1. The molecule has 2 N–H and O–H groups in total. The number of aromatic nitrogens is 4. The van der Waals surface area contributed by atoms with Crippen molar-refractivity contribution in [3.05, 3.63) is 69.6 Å². The van der Waals surface area contributed by atoms with Crippen LogP contribution in [0.25, 0.3) is 16.6 Å². The van der Waals surface area contributed by atoms with Gasteiger partial charge in [-0.15, -0.1) is 0 Å². The van der Waals surface area contributed by atoms with E-state index in [1.807, 2.05) is 26.1 Å². The summed E-state index contributed by atoms with van der Waals surface area (Å²) in [6.07, 6.45) is 5.76. The third kappa shape index (κ3) is 4.24. The van der Waals surface area contributed by atoms with Crippen LogP contribution in [0, 0.1) is 13.8 Å². The summed E-state index contributed by atoms with van der Waals surface area (Å²) < 4.78 is 7.26. The largest absolute Gasteiger partial charge is 0.494 e. The lowest BCUT2D eigenvalue weighted by Gasteiger charge is -2.11. The highest BCUT2D eigenvalue weighted by molar-refractivity contribution is 6.38. The molecule has 1 aromatic carbocycles. The number of fused-ring (bicyclic) bond motifs is 1. The lowest BCUT2D eigenvalue weighted by Crippen LogP contribution is -2.26. The van der Waals surface area contributed by atoms with Crippen molar-refractivity contribution in [3.8, 4) is 11.4 Å². The molecule has 4 rings (SSSR count). The van der Waals surface area contributed by atoms with Crippen LogP contribution in [0.4, 0.5) is 0 Å². The minimum Gasteiger partial charge on any atom is -0.494 e. The van der Waals surface area contributed by atoms with Crippen molar-refractivity contribution in [2.75, 3.05) is 13.7 Å². The number of aromatic amines is 1. The minimum absolute atomic E-state index is 0.277. The Bertz CT molecular complexity index is 1280. The second kappa shape index (κ2) is 8.61. The molecule has 0 fully saturated rings. The molecule has 7 nitrogen and oxygen atoms in total. The van der Waals surface area contributed by atoms with Gasteiger partial charge in [0, 0.05) is 34.9 Å². The Morgan fingerprint density at radius 1 is 1.23 bits per heavy atom. The Labute approximate surface area is 189 Å². The highest BCUT2D eigenvalue weighted by atomic mass is 35.5. The summed E-state index contributed by atoms with van der Waals surface area (Å²) in [7, 11) is 1.56. The first-order valence-electron chi connectivity index (χ1n) is 9.66. The molecule has 0 atom stereocenters. The molecule has 0 radical (unpaired) electrons. The highest BCUT2D eigenvalue weighted by Crippen LogP contribution is 2.31. The van der Waals surface area contributed by atoms with Crippen LogP contribution >= 0.6 is 23.2 Å². The summed E-state index contributed by atoms with van der Waals surface area (Å²) in [5.41, 5.74) is 4.77. The Hall–Kier alpha value is -3.03. The van der Waals surface area contributed by atoms with Crippen LogP contribution in [0.2, 0.25) is 10.0 Å². The number of imidazole rings is 1. The summed E-state index contributed by atoms with van der Waals surface area (Å²) >= 11 is 12.5. The number of amides is 1. The summed E-state index contributed by atoms with van der Waals surface area (Å²) in [5, 5.41) is 5.03. The zero-order chi connectivity index (χ0) is 22.1. The van der Waals surface area contributed by atoms with Gasteiger partial charge in [-0.05, 0) is 38.0 Å². The monoisotopic (exact) mass is 457 g/mol. The van der Waals surface area contributed by atoms with Gasteiger partial charge in [0.2, 0.25) is 0 Å². The number of pyridine rings is 1. The smallest absolute Gasteiger partial charge is 0.270 e. The van der Waals surface area contributed by atoms with Crippen molar-refractivity contribution in [1.29, 1.82) is 0 Å². The summed E-state index contributed by atoms with van der Waals surface area (Å²) in [6.45, 7) is 4.31. The molecule has 0 unspecified atom stereocenters. The molecule has 0 spiro atoms. The first-order chi connectivity index (χ1) is 14.9. The van der Waals surface area contributed by atoms with Gasteiger partial charge in [0.1, 0.15) is 17.1 Å². The minimum atomic E-state index is -0.278. The fourth-order valence-corrected chi connectivity index (χ4v) is 4.12. The van der Waals surface area contributed by atoms with Gasteiger partial charge < -0.3 is 19.6 Å². The molecule has 0 bridgehead atoms. The molecule has 3 aromatic heterocycles. The third-order valence-corrected chi connectivity index (χ3v) is 5.61. The maximum absolute atomic E-state index is 12.7. The molecule has 0 saturated heterocycles. The van der Waals surface area contributed by atoms with Crippen molar-refractivity contribution < 1.29 is 9.53 Å². The van der Waals surface area contributed by atoms with E-state index in [2.05, 4.69) is 20.3 Å². The molecule has 0 aliphatic rings. The number of benzene rings is 1. The van der Waals surface area contributed by atoms with Crippen molar-refractivity contribution in [2.45, 2.75) is 20.3 Å². The summed E-state index contributed by atoms with van der Waals surface area (Å²) in [5.74, 6) is 0.259. The van der Waals surface area contributed by atoms with E-state index in [0.29, 0.717) is 34.4 Å². The number of halogens is 2. The molecule has 0 saturated carbocycles. The summed E-state index contributed by atoms with van der Waals surface area (Å²) in [4.78, 5) is 24.5.